The fourth-order valence-corrected chi connectivity index (χ4v) is 6.50. The van der Waals surface area contributed by atoms with E-state index in [4.69, 9.17) is 0 Å². The molecule has 0 bridgehead atoms. The number of hydrogen-bond acceptors (Lipinski definition) is 4. The molecule has 0 aliphatic carbocycles. The van der Waals surface area contributed by atoms with Crippen LogP contribution < -0.4 is 5.01 Å². The maximum atomic E-state index is 14.5. The summed E-state index contributed by atoms with van der Waals surface area (Å²) >= 11 is 0. The van der Waals surface area contributed by atoms with E-state index < -0.39 is 12.0 Å². The zero-order chi connectivity index (χ0) is 28.7. The number of allylic oxidation sites excluding steroid dienone is 5. The number of aryl methyl sites for hydroxylation is 2. The van der Waals surface area contributed by atoms with E-state index in [2.05, 4.69) is 97.2 Å². The zero-order valence-corrected chi connectivity index (χ0v) is 23.8. The van der Waals surface area contributed by atoms with Crippen molar-refractivity contribution in [3.8, 4) is 0 Å². The van der Waals surface area contributed by atoms with E-state index in [1.54, 1.807) is 18.2 Å². The number of fused-ring (bicyclic) bond motifs is 3. The number of carbonyl (C=O) groups is 2. The molecule has 5 nitrogen and oxygen atoms in total. The Morgan fingerprint density at radius 2 is 1.46 bits per heavy atom. The highest BCUT2D eigenvalue weighted by atomic mass is 16.2. The van der Waals surface area contributed by atoms with Gasteiger partial charge in [0.25, 0.3) is 5.91 Å². The molecule has 41 heavy (non-hydrogen) atoms. The first-order chi connectivity index (χ1) is 19.9. The molecule has 3 aliphatic heterocycles. The lowest BCUT2D eigenvalue weighted by atomic mass is 9.78. The summed E-state index contributed by atoms with van der Waals surface area (Å²) in [7, 11) is 0. The highest BCUT2D eigenvalue weighted by Gasteiger charge is 2.60. The van der Waals surface area contributed by atoms with Gasteiger partial charge >= 0.3 is 0 Å². The lowest BCUT2D eigenvalue weighted by Gasteiger charge is -2.43. The number of para-hydroxylation sites is 1. The Morgan fingerprint density at radius 3 is 2.07 bits per heavy atom. The minimum Gasteiger partial charge on any atom is -0.277 e. The maximum absolute atomic E-state index is 14.5. The van der Waals surface area contributed by atoms with Crippen LogP contribution in [0.4, 0.5) is 5.69 Å². The van der Waals surface area contributed by atoms with E-state index in [0.29, 0.717) is 5.70 Å². The molecule has 3 heterocycles. The number of nitrogens with zero attached hydrogens (tertiary/aromatic N) is 3. The minimum atomic E-state index is -0.678. The largest absolute Gasteiger partial charge is 0.277 e. The standard InChI is InChI=1S/C36H35N3O2/c1-5-10-28(11-6-2)37-35(40)33-31(26-18-14-24(3)15-19-26)22-30-23-32(27-20-16-25(4)17-21-27)38(29-12-8-7-9-13-29)39(30)34(33)36(37)41/h5-22,31-34H,1,23H2,2-4H3. The molecule has 5 heteroatoms. The smallest absolute Gasteiger partial charge is 0.259 e. The second-order valence-electron chi connectivity index (χ2n) is 11.1. The van der Waals surface area contributed by atoms with Crippen LogP contribution in [0.1, 0.15) is 47.6 Å². The summed E-state index contributed by atoms with van der Waals surface area (Å²) in [6.07, 6.45) is 9.97. The number of hydrogen-bond donors (Lipinski definition) is 0. The van der Waals surface area contributed by atoms with Gasteiger partial charge in [-0.15, -0.1) is 0 Å². The average molecular weight is 542 g/mol. The monoisotopic (exact) mass is 541 g/mol. The van der Waals surface area contributed by atoms with Gasteiger partial charge in [0.05, 0.1) is 23.3 Å². The molecule has 0 saturated carbocycles. The zero-order valence-electron chi connectivity index (χ0n) is 23.8. The Kier molecular flexibility index (Phi) is 6.96. The van der Waals surface area contributed by atoms with Crippen molar-refractivity contribution in [2.75, 3.05) is 5.01 Å². The fourth-order valence-electron chi connectivity index (χ4n) is 6.50. The van der Waals surface area contributed by atoms with Crippen LogP contribution in [0.2, 0.25) is 0 Å². The van der Waals surface area contributed by atoms with E-state index in [0.717, 1.165) is 28.9 Å². The molecule has 3 aromatic carbocycles. The van der Waals surface area contributed by atoms with Crippen molar-refractivity contribution in [1.82, 2.24) is 9.91 Å². The molecule has 0 N–H and O–H groups in total. The van der Waals surface area contributed by atoms with Crippen LogP contribution in [-0.2, 0) is 9.59 Å². The van der Waals surface area contributed by atoms with Gasteiger partial charge in [0.1, 0.15) is 6.04 Å². The average Bonchev–Trinajstić information content (AvgIpc) is 3.48. The van der Waals surface area contributed by atoms with Gasteiger partial charge in [0.15, 0.2) is 0 Å². The third-order valence-corrected chi connectivity index (χ3v) is 8.39. The predicted molar refractivity (Wildman–Crippen MR) is 164 cm³/mol. The number of benzene rings is 3. The Bertz CT molecular complexity index is 1570. The summed E-state index contributed by atoms with van der Waals surface area (Å²) in [6.45, 7) is 9.86. The lowest BCUT2D eigenvalue weighted by Crippen LogP contribution is -2.53. The molecule has 6 rings (SSSR count). The minimum absolute atomic E-state index is 0.0163. The van der Waals surface area contributed by atoms with Gasteiger partial charge < -0.3 is 0 Å². The Morgan fingerprint density at radius 1 is 0.829 bits per heavy atom. The van der Waals surface area contributed by atoms with Crippen LogP contribution in [0.5, 0.6) is 0 Å². The number of rotatable bonds is 6. The number of carbonyl (C=O) groups excluding carboxylic acids is 2. The van der Waals surface area contributed by atoms with Crippen molar-refractivity contribution < 1.29 is 9.59 Å². The number of hydrazine groups is 1. The molecule has 2 fully saturated rings. The quantitative estimate of drug-likeness (QED) is 0.246. The van der Waals surface area contributed by atoms with Crippen molar-refractivity contribution in [3.05, 3.63) is 149 Å². The molecule has 0 spiro atoms. The van der Waals surface area contributed by atoms with Gasteiger partial charge in [-0.2, -0.15) is 0 Å². The molecule has 3 aromatic rings. The summed E-state index contributed by atoms with van der Waals surface area (Å²) in [5.41, 5.74) is 7.17. The molecule has 2 amide bonds. The van der Waals surface area contributed by atoms with Crippen LogP contribution in [0.25, 0.3) is 0 Å². The summed E-state index contributed by atoms with van der Waals surface area (Å²) in [6, 6.07) is 26.5. The van der Waals surface area contributed by atoms with E-state index in [-0.39, 0.29) is 23.8 Å². The first kappa shape index (κ1) is 26.6. The van der Waals surface area contributed by atoms with Crippen molar-refractivity contribution in [1.29, 1.82) is 0 Å². The van der Waals surface area contributed by atoms with Crippen LogP contribution in [0, 0.1) is 19.8 Å². The highest BCUT2D eigenvalue weighted by molar-refractivity contribution is 6.10. The SMILES string of the molecule is C=CC=C(C=CC)N1C(=O)C2C(c3ccc(C)cc3)C=C3CC(c4ccc(C)cc4)N(c4ccccc4)N3C2C1=O. The third-order valence-electron chi connectivity index (χ3n) is 8.39. The first-order valence-corrected chi connectivity index (χ1v) is 14.2. The van der Waals surface area contributed by atoms with E-state index in [1.165, 1.54) is 16.0 Å². The van der Waals surface area contributed by atoms with Crippen molar-refractivity contribution in [2.24, 2.45) is 5.92 Å². The fraction of sp³-hybridized carbons (Fsp3) is 0.222. The summed E-state index contributed by atoms with van der Waals surface area (Å²) in [5.74, 6) is -1.19. The molecule has 3 aliphatic rings. The molecule has 2 saturated heterocycles. The van der Waals surface area contributed by atoms with Crippen molar-refractivity contribution in [2.45, 2.75) is 45.2 Å². The molecule has 0 aromatic heterocycles. The first-order valence-electron chi connectivity index (χ1n) is 14.2. The molecule has 4 atom stereocenters. The number of amides is 2. The van der Waals surface area contributed by atoms with Gasteiger partial charge in [-0.05, 0) is 56.2 Å². The summed E-state index contributed by atoms with van der Waals surface area (Å²) in [5, 5.41) is 4.36. The normalized spacial score (nSPS) is 24.1. The molecular formula is C36H35N3O2. The topological polar surface area (TPSA) is 43.9 Å². The summed E-state index contributed by atoms with van der Waals surface area (Å²) < 4.78 is 0. The van der Waals surface area contributed by atoms with E-state index >= 15 is 0 Å². The van der Waals surface area contributed by atoms with Gasteiger partial charge in [0.2, 0.25) is 5.91 Å². The lowest BCUT2D eigenvalue weighted by molar-refractivity contribution is -0.137. The molecule has 0 radical (unpaired) electrons. The third kappa shape index (κ3) is 4.51. The Balaban J connectivity index is 1.55. The molecule has 206 valence electrons. The second kappa shape index (κ2) is 10.7. The number of anilines is 1. The van der Waals surface area contributed by atoms with Crippen LogP contribution in [-0.4, -0.2) is 27.8 Å². The second-order valence-corrected chi connectivity index (χ2v) is 11.1. The Labute approximate surface area is 242 Å². The van der Waals surface area contributed by atoms with Crippen LogP contribution >= 0.6 is 0 Å². The number of imide groups is 1. The maximum Gasteiger partial charge on any atom is 0.259 e. The molecule has 4 unspecified atom stereocenters. The van der Waals surface area contributed by atoms with Crippen LogP contribution in [0.3, 0.4) is 0 Å². The Hall–Kier alpha value is -4.64. The van der Waals surface area contributed by atoms with Crippen molar-refractivity contribution in [3.63, 3.8) is 0 Å². The summed E-state index contributed by atoms with van der Waals surface area (Å²) in [4.78, 5) is 30.2. The van der Waals surface area contributed by atoms with E-state index in [1.807, 2.05) is 31.2 Å². The number of likely N-dealkylation sites (tertiary alicyclic amines) is 1. The van der Waals surface area contributed by atoms with Gasteiger partial charge in [-0.25, -0.2) is 4.90 Å². The van der Waals surface area contributed by atoms with Crippen molar-refractivity contribution >= 4 is 17.5 Å². The molecular weight excluding hydrogens is 506 g/mol. The van der Waals surface area contributed by atoms with Crippen LogP contribution in [0.15, 0.2) is 127 Å². The van der Waals surface area contributed by atoms with Gasteiger partial charge in [0, 0.05) is 18.0 Å². The predicted octanol–water partition coefficient (Wildman–Crippen LogP) is 7.15. The van der Waals surface area contributed by atoms with E-state index in [9.17, 15) is 9.59 Å². The highest BCUT2D eigenvalue weighted by Crippen LogP contribution is 2.52. The van der Waals surface area contributed by atoms with Gasteiger partial charge in [-0.1, -0.05) is 103 Å². The van der Waals surface area contributed by atoms with Gasteiger partial charge in [-0.3, -0.25) is 19.6 Å².